The fraction of sp³-hybridized carbons (Fsp3) is 0.263. The van der Waals surface area contributed by atoms with Gasteiger partial charge in [-0.15, -0.1) is 0 Å². The lowest BCUT2D eigenvalue weighted by atomic mass is 10.1. The third-order valence-electron chi connectivity index (χ3n) is 3.87. The van der Waals surface area contributed by atoms with Gasteiger partial charge in [0.25, 0.3) is 5.91 Å². The van der Waals surface area contributed by atoms with E-state index in [9.17, 15) is 22.8 Å². The number of carbonyl (C=O) groups excluding carboxylic acids is 2. The van der Waals surface area contributed by atoms with Gasteiger partial charge in [-0.2, -0.15) is 13.2 Å². The summed E-state index contributed by atoms with van der Waals surface area (Å²) in [6.07, 6.45) is -4.47. The third kappa shape index (κ3) is 5.47. The lowest BCUT2D eigenvalue weighted by Gasteiger charge is -2.17. The Kier molecular flexibility index (Phi) is 6.44. The zero-order valence-electron chi connectivity index (χ0n) is 14.8. The second kappa shape index (κ2) is 8.57. The van der Waals surface area contributed by atoms with Crippen molar-refractivity contribution in [3.05, 3.63) is 65.2 Å². The molecule has 0 spiro atoms. The number of carbonyl (C=O) groups is 2. The fourth-order valence-corrected chi connectivity index (χ4v) is 2.47. The number of rotatable bonds is 6. The summed E-state index contributed by atoms with van der Waals surface area (Å²) in [6, 6.07) is 10.6. The first-order valence-electron chi connectivity index (χ1n) is 8.10. The Balaban J connectivity index is 1.90. The Morgan fingerprint density at radius 3 is 2.30 bits per heavy atom. The minimum atomic E-state index is -4.47. The number of amides is 2. The summed E-state index contributed by atoms with van der Waals surface area (Å²) in [4.78, 5) is 24.0. The van der Waals surface area contributed by atoms with Gasteiger partial charge in [-0.25, -0.2) is 0 Å². The number of nitrogens with one attached hydrogen (secondary N) is 2. The summed E-state index contributed by atoms with van der Waals surface area (Å²) in [5.74, 6) is -0.448. The zero-order valence-corrected chi connectivity index (χ0v) is 14.8. The molecule has 0 saturated carbocycles. The van der Waals surface area contributed by atoms with Gasteiger partial charge in [-0.3, -0.25) is 9.59 Å². The van der Waals surface area contributed by atoms with Crippen molar-refractivity contribution < 1.29 is 27.5 Å². The van der Waals surface area contributed by atoms with Gasteiger partial charge in [0.2, 0.25) is 5.91 Å². The summed E-state index contributed by atoms with van der Waals surface area (Å²) in [5, 5.41) is 5.10. The maximum absolute atomic E-state index is 12.5. The van der Waals surface area contributed by atoms with E-state index in [2.05, 4.69) is 10.6 Å². The summed E-state index contributed by atoms with van der Waals surface area (Å²) in [6.45, 7) is 1.47. The van der Waals surface area contributed by atoms with Crippen molar-refractivity contribution in [1.29, 1.82) is 0 Å². The van der Waals surface area contributed by atoms with E-state index in [1.54, 1.807) is 19.1 Å². The molecule has 0 aliphatic rings. The minimum Gasteiger partial charge on any atom is -0.496 e. The van der Waals surface area contributed by atoms with Crippen molar-refractivity contribution in [2.24, 2.45) is 0 Å². The van der Waals surface area contributed by atoms with E-state index in [1.807, 2.05) is 12.1 Å². The highest BCUT2D eigenvalue weighted by Crippen LogP contribution is 2.29. The molecule has 0 heterocycles. The van der Waals surface area contributed by atoms with Gasteiger partial charge >= 0.3 is 6.18 Å². The molecule has 5 nitrogen and oxygen atoms in total. The number of halogens is 3. The number of para-hydroxylation sites is 1. The molecule has 27 heavy (non-hydrogen) atoms. The van der Waals surface area contributed by atoms with Gasteiger partial charge < -0.3 is 15.4 Å². The van der Waals surface area contributed by atoms with Gasteiger partial charge in [-0.1, -0.05) is 18.2 Å². The summed E-state index contributed by atoms with van der Waals surface area (Å²) >= 11 is 0. The van der Waals surface area contributed by atoms with E-state index in [4.69, 9.17) is 4.74 Å². The molecular weight excluding hydrogens is 361 g/mol. The van der Waals surface area contributed by atoms with E-state index in [1.165, 1.54) is 7.11 Å². The quantitative estimate of drug-likeness (QED) is 0.808. The Labute approximate surface area is 154 Å². The lowest BCUT2D eigenvalue weighted by molar-refractivity contribution is -0.137. The molecule has 1 atom stereocenters. The molecule has 8 heteroatoms. The van der Waals surface area contributed by atoms with E-state index in [0.717, 1.165) is 29.8 Å². The topological polar surface area (TPSA) is 67.4 Å². The van der Waals surface area contributed by atoms with Crippen LogP contribution in [0.1, 0.15) is 34.5 Å². The first-order valence-corrected chi connectivity index (χ1v) is 8.10. The normalized spacial score (nSPS) is 12.2. The van der Waals surface area contributed by atoms with Crippen LogP contribution >= 0.6 is 0 Å². The molecule has 0 aliphatic carbocycles. The van der Waals surface area contributed by atoms with Gasteiger partial charge in [0.15, 0.2) is 0 Å². The molecule has 0 radical (unpaired) electrons. The average molecular weight is 380 g/mol. The zero-order chi connectivity index (χ0) is 20.0. The van der Waals surface area contributed by atoms with Crippen molar-refractivity contribution in [1.82, 2.24) is 10.6 Å². The lowest BCUT2D eigenvalue weighted by Crippen LogP contribution is -2.38. The first kappa shape index (κ1) is 20.3. The van der Waals surface area contributed by atoms with Crippen molar-refractivity contribution >= 4 is 11.8 Å². The smallest absolute Gasteiger partial charge is 0.416 e. The average Bonchev–Trinajstić information content (AvgIpc) is 2.65. The number of hydrogen-bond donors (Lipinski definition) is 2. The van der Waals surface area contributed by atoms with E-state index in [0.29, 0.717) is 5.75 Å². The van der Waals surface area contributed by atoms with Crippen LogP contribution in [0.15, 0.2) is 48.5 Å². The maximum Gasteiger partial charge on any atom is 0.416 e. The Bertz CT molecular complexity index is 805. The molecule has 2 rings (SSSR count). The third-order valence-corrected chi connectivity index (χ3v) is 3.87. The van der Waals surface area contributed by atoms with E-state index in [-0.39, 0.29) is 18.2 Å². The second-order valence-corrected chi connectivity index (χ2v) is 5.79. The van der Waals surface area contributed by atoms with Crippen molar-refractivity contribution in [3.8, 4) is 5.75 Å². The van der Waals surface area contributed by atoms with Crippen LogP contribution in [0.25, 0.3) is 0 Å². The van der Waals surface area contributed by atoms with Gasteiger partial charge in [0, 0.05) is 11.1 Å². The second-order valence-electron chi connectivity index (χ2n) is 5.79. The summed E-state index contributed by atoms with van der Waals surface area (Å²) in [5.41, 5.74) is -0.0292. The fourth-order valence-electron chi connectivity index (χ4n) is 2.47. The Morgan fingerprint density at radius 1 is 1.07 bits per heavy atom. The maximum atomic E-state index is 12.5. The first-order chi connectivity index (χ1) is 12.7. The molecule has 0 unspecified atom stereocenters. The molecule has 0 fully saturated rings. The molecule has 2 N–H and O–H groups in total. The molecule has 2 amide bonds. The van der Waals surface area contributed by atoms with E-state index < -0.39 is 23.6 Å². The van der Waals surface area contributed by atoms with Crippen LogP contribution in [0.5, 0.6) is 5.75 Å². The molecule has 2 aromatic rings. The highest BCUT2D eigenvalue weighted by atomic mass is 19.4. The number of methoxy groups -OCH3 is 1. The van der Waals surface area contributed by atoms with Crippen molar-refractivity contribution in [2.45, 2.75) is 19.1 Å². The number of hydrogen-bond acceptors (Lipinski definition) is 3. The highest BCUT2D eigenvalue weighted by Gasteiger charge is 2.30. The predicted octanol–water partition coefficient (Wildman–Crippen LogP) is 3.32. The molecular formula is C19H19F3N2O3. The van der Waals surface area contributed by atoms with Crippen LogP contribution in [0.4, 0.5) is 13.2 Å². The molecule has 0 aromatic heterocycles. The van der Waals surface area contributed by atoms with Crippen LogP contribution in [0.2, 0.25) is 0 Å². The standard InChI is InChI=1S/C19H19F3N2O3/c1-12(15-5-3-4-6-16(15)27-2)24-17(25)11-23-18(26)13-7-9-14(10-8-13)19(20,21)22/h3-10,12H,11H2,1-2H3,(H,23,26)(H,24,25)/t12-/m0/s1. The largest absolute Gasteiger partial charge is 0.496 e. The molecule has 0 bridgehead atoms. The highest BCUT2D eigenvalue weighted by molar-refractivity contribution is 5.96. The van der Waals surface area contributed by atoms with Crippen LogP contribution < -0.4 is 15.4 Å². The molecule has 0 aliphatic heterocycles. The SMILES string of the molecule is COc1ccccc1[C@H](C)NC(=O)CNC(=O)c1ccc(C(F)(F)F)cc1. The molecule has 2 aromatic carbocycles. The van der Waals surface area contributed by atoms with Gasteiger partial charge in [-0.05, 0) is 37.3 Å². The minimum absolute atomic E-state index is 0.0357. The number of ether oxygens (including phenoxy) is 1. The van der Waals surface area contributed by atoms with Gasteiger partial charge in [0.1, 0.15) is 5.75 Å². The Hall–Kier alpha value is -3.03. The van der Waals surface area contributed by atoms with Crippen molar-refractivity contribution in [3.63, 3.8) is 0 Å². The molecule has 0 saturated heterocycles. The van der Waals surface area contributed by atoms with Crippen LogP contribution in [-0.4, -0.2) is 25.5 Å². The predicted molar refractivity (Wildman–Crippen MR) is 93.3 cm³/mol. The van der Waals surface area contributed by atoms with Crippen LogP contribution in [0.3, 0.4) is 0 Å². The number of benzene rings is 2. The van der Waals surface area contributed by atoms with Gasteiger partial charge in [0.05, 0.1) is 25.3 Å². The summed E-state index contributed by atoms with van der Waals surface area (Å²) in [7, 11) is 1.53. The van der Waals surface area contributed by atoms with Crippen LogP contribution in [0, 0.1) is 0 Å². The molecule has 144 valence electrons. The monoisotopic (exact) mass is 380 g/mol. The van der Waals surface area contributed by atoms with Crippen LogP contribution in [-0.2, 0) is 11.0 Å². The summed E-state index contributed by atoms with van der Waals surface area (Å²) < 4.78 is 42.8. The Morgan fingerprint density at radius 2 is 1.70 bits per heavy atom. The van der Waals surface area contributed by atoms with Crippen molar-refractivity contribution in [2.75, 3.05) is 13.7 Å². The van der Waals surface area contributed by atoms with E-state index >= 15 is 0 Å². The number of alkyl halides is 3.